The molecule has 1 saturated carbocycles. The van der Waals surface area contributed by atoms with Gasteiger partial charge >= 0.3 is 0 Å². The fourth-order valence-corrected chi connectivity index (χ4v) is 2.45. The Morgan fingerprint density at radius 1 is 1.44 bits per heavy atom. The molecule has 0 heterocycles. The molecule has 0 bridgehead atoms. The molecule has 2 atom stereocenters. The largest absolute Gasteiger partial charge is 0.383 e. The summed E-state index contributed by atoms with van der Waals surface area (Å²) in [5, 5.41) is 0. The van der Waals surface area contributed by atoms with Gasteiger partial charge in [-0.05, 0) is 18.8 Å². The quantitative estimate of drug-likeness (QED) is 0.671. The Kier molecular flexibility index (Phi) is 6.69. The molecule has 0 aromatic heterocycles. The summed E-state index contributed by atoms with van der Waals surface area (Å²) in [4.78, 5) is 2.40. The average Bonchev–Trinajstić information content (AvgIpc) is 2.29. The summed E-state index contributed by atoms with van der Waals surface area (Å²) < 4.78 is 5.13. The lowest BCUT2D eigenvalue weighted by Gasteiger charge is -2.33. The SMILES string of the molecule is C=CCN(CCOC)CC1CCCCC1N. The Morgan fingerprint density at radius 3 is 2.81 bits per heavy atom. The van der Waals surface area contributed by atoms with Crippen molar-refractivity contribution in [3.05, 3.63) is 12.7 Å². The van der Waals surface area contributed by atoms with Crippen LogP contribution in [-0.2, 0) is 4.74 Å². The van der Waals surface area contributed by atoms with Crippen molar-refractivity contribution < 1.29 is 4.74 Å². The number of nitrogens with two attached hydrogens (primary N) is 1. The molecule has 1 rings (SSSR count). The first kappa shape index (κ1) is 13.7. The number of hydrogen-bond donors (Lipinski definition) is 1. The van der Waals surface area contributed by atoms with Crippen LogP contribution < -0.4 is 5.73 Å². The Balaban J connectivity index is 2.35. The normalized spacial score (nSPS) is 25.9. The third-order valence-electron chi connectivity index (χ3n) is 3.46. The van der Waals surface area contributed by atoms with Gasteiger partial charge in [0.1, 0.15) is 0 Å². The molecule has 3 heteroatoms. The van der Waals surface area contributed by atoms with E-state index in [1.165, 1.54) is 25.7 Å². The minimum atomic E-state index is 0.392. The zero-order valence-corrected chi connectivity index (χ0v) is 10.5. The monoisotopic (exact) mass is 226 g/mol. The standard InChI is InChI=1S/C13H26N2O/c1-3-8-15(9-10-16-2)11-12-6-4-5-7-13(12)14/h3,12-13H,1,4-11,14H2,2H3. The zero-order chi connectivity index (χ0) is 11.8. The van der Waals surface area contributed by atoms with Gasteiger partial charge in [-0.1, -0.05) is 18.9 Å². The number of rotatable bonds is 7. The molecule has 2 N–H and O–H groups in total. The van der Waals surface area contributed by atoms with Crippen molar-refractivity contribution in [2.24, 2.45) is 11.7 Å². The molecule has 0 amide bonds. The van der Waals surface area contributed by atoms with Crippen LogP contribution in [0.3, 0.4) is 0 Å². The van der Waals surface area contributed by atoms with Gasteiger partial charge in [-0.3, -0.25) is 4.90 Å². The van der Waals surface area contributed by atoms with E-state index in [1.807, 2.05) is 6.08 Å². The fraction of sp³-hybridized carbons (Fsp3) is 0.846. The second-order valence-corrected chi connectivity index (χ2v) is 4.75. The molecule has 1 aliphatic rings. The van der Waals surface area contributed by atoms with E-state index in [0.29, 0.717) is 12.0 Å². The third kappa shape index (κ3) is 4.64. The van der Waals surface area contributed by atoms with Gasteiger partial charge in [0, 0.05) is 32.8 Å². The van der Waals surface area contributed by atoms with E-state index in [-0.39, 0.29) is 0 Å². The van der Waals surface area contributed by atoms with Gasteiger partial charge in [-0.2, -0.15) is 0 Å². The first-order valence-corrected chi connectivity index (χ1v) is 6.35. The molecule has 0 spiro atoms. The lowest BCUT2D eigenvalue weighted by Crippen LogP contribution is -2.42. The highest BCUT2D eigenvalue weighted by molar-refractivity contribution is 4.82. The van der Waals surface area contributed by atoms with Crippen LogP contribution >= 0.6 is 0 Å². The molecule has 3 nitrogen and oxygen atoms in total. The predicted octanol–water partition coefficient (Wildman–Crippen LogP) is 1.64. The maximum atomic E-state index is 6.17. The molecule has 1 aliphatic carbocycles. The number of methoxy groups -OCH3 is 1. The summed E-state index contributed by atoms with van der Waals surface area (Å²) in [6, 6.07) is 0.392. The first-order valence-electron chi connectivity index (χ1n) is 6.35. The van der Waals surface area contributed by atoms with Crippen LogP contribution in [0.15, 0.2) is 12.7 Å². The van der Waals surface area contributed by atoms with Gasteiger partial charge in [0.2, 0.25) is 0 Å². The number of hydrogen-bond acceptors (Lipinski definition) is 3. The summed E-state index contributed by atoms with van der Waals surface area (Å²) >= 11 is 0. The Bertz CT molecular complexity index is 196. The third-order valence-corrected chi connectivity index (χ3v) is 3.46. The molecule has 2 unspecified atom stereocenters. The van der Waals surface area contributed by atoms with Crippen LogP contribution in [0.25, 0.3) is 0 Å². The van der Waals surface area contributed by atoms with Crippen LogP contribution in [0, 0.1) is 5.92 Å². The van der Waals surface area contributed by atoms with Crippen molar-refractivity contribution in [3.63, 3.8) is 0 Å². The van der Waals surface area contributed by atoms with E-state index < -0.39 is 0 Å². The van der Waals surface area contributed by atoms with Gasteiger partial charge in [0.25, 0.3) is 0 Å². The van der Waals surface area contributed by atoms with E-state index in [9.17, 15) is 0 Å². The highest BCUT2D eigenvalue weighted by Crippen LogP contribution is 2.23. The van der Waals surface area contributed by atoms with E-state index in [2.05, 4.69) is 11.5 Å². The van der Waals surface area contributed by atoms with Crippen LogP contribution in [0.5, 0.6) is 0 Å². The smallest absolute Gasteiger partial charge is 0.0589 e. The number of ether oxygens (including phenoxy) is 1. The Labute approximate surface area is 99.6 Å². The highest BCUT2D eigenvalue weighted by atomic mass is 16.5. The molecule has 0 aromatic carbocycles. The van der Waals surface area contributed by atoms with Crippen molar-refractivity contribution >= 4 is 0 Å². The maximum Gasteiger partial charge on any atom is 0.0589 e. The van der Waals surface area contributed by atoms with Crippen molar-refractivity contribution in [1.82, 2.24) is 4.90 Å². The lowest BCUT2D eigenvalue weighted by atomic mass is 9.85. The molecule has 0 saturated heterocycles. The van der Waals surface area contributed by atoms with Crippen LogP contribution in [0.4, 0.5) is 0 Å². The van der Waals surface area contributed by atoms with Gasteiger partial charge in [-0.25, -0.2) is 0 Å². The Morgan fingerprint density at radius 2 is 2.19 bits per heavy atom. The van der Waals surface area contributed by atoms with Gasteiger partial charge in [0.05, 0.1) is 6.61 Å². The molecule has 0 aliphatic heterocycles. The van der Waals surface area contributed by atoms with Crippen LogP contribution in [0.1, 0.15) is 25.7 Å². The van der Waals surface area contributed by atoms with Gasteiger partial charge < -0.3 is 10.5 Å². The second kappa shape index (κ2) is 7.82. The van der Waals surface area contributed by atoms with Crippen LogP contribution in [-0.4, -0.2) is 44.3 Å². The van der Waals surface area contributed by atoms with E-state index in [1.54, 1.807) is 7.11 Å². The van der Waals surface area contributed by atoms with Crippen molar-refractivity contribution in [2.45, 2.75) is 31.7 Å². The molecule has 94 valence electrons. The summed E-state index contributed by atoms with van der Waals surface area (Å²) in [5.41, 5.74) is 6.17. The number of nitrogens with zero attached hydrogens (tertiary/aromatic N) is 1. The maximum absolute atomic E-state index is 6.17. The van der Waals surface area contributed by atoms with Gasteiger partial charge in [0.15, 0.2) is 0 Å². The average molecular weight is 226 g/mol. The lowest BCUT2D eigenvalue weighted by molar-refractivity contribution is 0.132. The van der Waals surface area contributed by atoms with Crippen LogP contribution in [0.2, 0.25) is 0 Å². The molecule has 0 aromatic rings. The van der Waals surface area contributed by atoms with E-state index >= 15 is 0 Å². The topological polar surface area (TPSA) is 38.5 Å². The minimum Gasteiger partial charge on any atom is -0.383 e. The second-order valence-electron chi connectivity index (χ2n) is 4.75. The van der Waals surface area contributed by atoms with Gasteiger partial charge in [-0.15, -0.1) is 6.58 Å². The molecular weight excluding hydrogens is 200 g/mol. The van der Waals surface area contributed by atoms with E-state index in [4.69, 9.17) is 10.5 Å². The molecule has 1 fully saturated rings. The Hall–Kier alpha value is -0.380. The van der Waals surface area contributed by atoms with Crippen molar-refractivity contribution in [3.8, 4) is 0 Å². The molecular formula is C13H26N2O. The minimum absolute atomic E-state index is 0.392. The fourth-order valence-electron chi connectivity index (χ4n) is 2.45. The molecule has 0 radical (unpaired) electrons. The first-order chi connectivity index (χ1) is 7.77. The summed E-state index contributed by atoms with van der Waals surface area (Å²) in [6.45, 7) is 7.60. The molecule has 16 heavy (non-hydrogen) atoms. The predicted molar refractivity (Wildman–Crippen MR) is 68.4 cm³/mol. The van der Waals surface area contributed by atoms with E-state index in [0.717, 1.165) is 26.2 Å². The zero-order valence-electron chi connectivity index (χ0n) is 10.5. The highest BCUT2D eigenvalue weighted by Gasteiger charge is 2.23. The summed E-state index contributed by atoms with van der Waals surface area (Å²) in [7, 11) is 1.75. The summed E-state index contributed by atoms with van der Waals surface area (Å²) in [5.74, 6) is 0.658. The van der Waals surface area contributed by atoms with Crippen molar-refractivity contribution in [1.29, 1.82) is 0 Å². The summed E-state index contributed by atoms with van der Waals surface area (Å²) in [6.07, 6.45) is 7.07. The van der Waals surface area contributed by atoms with Crippen molar-refractivity contribution in [2.75, 3.05) is 33.4 Å².